The van der Waals surface area contributed by atoms with Crippen LogP contribution in [0.5, 0.6) is 0 Å². The fourth-order valence-corrected chi connectivity index (χ4v) is 7.08. The predicted molar refractivity (Wildman–Crippen MR) is 129 cm³/mol. The van der Waals surface area contributed by atoms with Gasteiger partial charge in [0.1, 0.15) is 10.1 Å². The number of morpholine rings is 1. The Morgan fingerprint density at radius 2 is 1.94 bits per heavy atom. The zero-order valence-electron chi connectivity index (χ0n) is 18.2. The number of thiophene rings is 1. The summed E-state index contributed by atoms with van der Waals surface area (Å²) in [4.78, 5) is 36.0. The Kier molecular flexibility index (Phi) is 6.35. The van der Waals surface area contributed by atoms with Gasteiger partial charge >= 0.3 is 0 Å². The number of aromatic nitrogens is 2. The number of nitrogens with zero attached hydrogens (tertiary/aromatic N) is 3. The van der Waals surface area contributed by atoms with E-state index < -0.39 is 5.25 Å². The van der Waals surface area contributed by atoms with Crippen molar-refractivity contribution in [1.29, 1.82) is 0 Å². The van der Waals surface area contributed by atoms with Gasteiger partial charge in [-0.2, -0.15) is 0 Å². The van der Waals surface area contributed by atoms with Gasteiger partial charge in [-0.15, -0.1) is 11.3 Å². The highest BCUT2D eigenvalue weighted by Gasteiger charge is 2.30. The molecule has 2 aliphatic rings. The summed E-state index contributed by atoms with van der Waals surface area (Å²) in [6, 6.07) is 9.81. The molecule has 0 radical (unpaired) electrons. The number of aryl methyl sites for hydroxylation is 2. The topological polar surface area (TPSA) is 64.4 Å². The predicted octanol–water partition coefficient (Wildman–Crippen LogP) is 4.05. The van der Waals surface area contributed by atoms with E-state index in [1.54, 1.807) is 15.9 Å². The van der Waals surface area contributed by atoms with Crippen molar-refractivity contribution in [2.45, 2.75) is 49.6 Å². The van der Waals surface area contributed by atoms with Gasteiger partial charge in [0.05, 0.1) is 18.6 Å². The molecule has 6 nitrogen and oxygen atoms in total. The van der Waals surface area contributed by atoms with Crippen molar-refractivity contribution >= 4 is 39.2 Å². The Morgan fingerprint density at radius 1 is 1.19 bits per heavy atom. The van der Waals surface area contributed by atoms with Crippen molar-refractivity contribution in [2.75, 3.05) is 26.3 Å². The third-order valence-corrected chi connectivity index (χ3v) is 8.65. The van der Waals surface area contributed by atoms with Gasteiger partial charge in [0.2, 0.25) is 5.91 Å². The monoisotopic (exact) mass is 469 g/mol. The number of carbonyl (C=O) groups is 1. The number of amides is 1. The van der Waals surface area contributed by atoms with Gasteiger partial charge in [-0.05, 0) is 43.7 Å². The Bertz CT molecular complexity index is 1180. The quantitative estimate of drug-likeness (QED) is 0.417. The van der Waals surface area contributed by atoms with Crippen LogP contribution < -0.4 is 5.56 Å². The summed E-state index contributed by atoms with van der Waals surface area (Å²) < 4.78 is 7.18. The molecule has 0 saturated carbocycles. The van der Waals surface area contributed by atoms with Gasteiger partial charge in [-0.3, -0.25) is 14.2 Å². The average Bonchev–Trinajstić information content (AvgIpc) is 3.22. The Balaban J connectivity index is 1.57. The number of hydrogen-bond acceptors (Lipinski definition) is 6. The van der Waals surface area contributed by atoms with Crippen LogP contribution in [-0.2, 0) is 28.9 Å². The first-order valence-corrected chi connectivity index (χ1v) is 13.0. The Morgan fingerprint density at radius 3 is 2.69 bits per heavy atom. The van der Waals surface area contributed by atoms with Crippen LogP contribution in [0.15, 0.2) is 40.3 Å². The molecule has 3 heterocycles. The summed E-state index contributed by atoms with van der Waals surface area (Å²) in [6.45, 7) is 4.80. The summed E-state index contributed by atoms with van der Waals surface area (Å²) in [5.74, 6) is 0.0481. The number of benzene rings is 1. The second-order valence-corrected chi connectivity index (χ2v) is 10.3. The number of fused-ring (bicyclic) bond motifs is 3. The molecule has 1 saturated heterocycles. The maximum atomic E-state index is 13.5. The number of thioether (sulfide) groups is 1. The highest BCUT2D eigenvalue weighted by Crippen LogP contribution is 2.39. The van der Waals surface area contributed by atoms with E-state index in [9.17, 15) is 9.59 Å². The largest absolute Gasteiger partial charge is 0.378 e. The molecule has 1 aliphatic carbocycles. The summed E-state index contributed by atoms with van der Waals surface area (Å²) >= 11 is 3.05. The van der Waals surface area contributed by atoms with Crippen molar-refractivity contribution in [2.24, 2.45) is 0 Å². The molecule has 5 rings (SSSR count). The van der Waals surface area contributed by atoms with E-state index >= 15 is 0 Å². The van der Waals surface area contributed by atoms with Crippen LogP contribution in [-0.4, -0.2) is 46.7 Å². The minimum atomic E-state index is -0.453. The SMILES string of the molecule is CCn1c(S[C@H](C(=O)N2CCOCC2)c2ccccc2)nc2sc3c(c2c1=O)CCCC3. The number of ether oxygens (including phenoxy) is 1. The van der Waals surface area contributed by atoms with E-state index in [0.29, 0.717) is 38.0 Å². The minimum Gasteiger partial charge on any atom is -0.378 e. The lowest BCUT2D eigenvalue weighted by Gasteiger charge is -2.30. The van der Waals surface area contributed by atoms with Crippen LogP contribution in [0.1, 0.15) is 41.0 Å². The van der Waals surface area contributed by atoms with Gasteiger partial charge in [0.15, 0.2) is 5.16 Å². The summed E-state index contributed by atoms with van der Waals surface area (Å²) in [7, 11) is 0. The van der Waals surface area contributed by atoms with Gasteiger partial charge in [-0.25, -0.2) is 4.98 Å². The molecule has 1 fully saturated rings. The molecular formula is C24H27N3O3S2. The smallest absolute Gasteiger partial charge is 0.263 e. The fraction of sp³-hybridized carbons (Fsp3) is 0.458. The van der Waals surface area contributed by atoms with Crippen LogP contribution in [0.25, 0.3) is 10.2 Å². The van der Waals surface area contributed by atoms with Gasteiger partial charge in [0.25, 0.3) is 5.56 Å². The third kappa shape index (κ3) is 4.00. The molecule has 0 unspecified atom stereocenters. The van der Waals surface area contributed by atoms with Gasteiger partial charge in [-0.1, -0.05) is 42.1 Å². The summed E-state index contributed by atoms with van der Waals surface area (Å²) in [6.07, 6.45) is 4.30. The van der Waals surface area contributed by atoms with Crippen LogP contribution in [0.3, 0.4) is 0 Å². The first kappa shape index (κ1) is 21.7. The lowest BCUT2D eigenvalue weighted by molar-refractivity contribution is -0.134. The molecular weight excluding hydrogens is 442 g/mol. The molecule has 1 aliphatic heterocycles. The van der Waals surface area contributed by atoms with Gasteiger partial charge in [0, 0.05) is 24.5 Å². The second kappa shape index (κ2) is 9.37. The molecule has 1 amide bonds. The normalized spacial score (nSPS) is 17.3. The van der Waals surface area contributed by atoms with E-state index in [1.165, 1.54) is 28.6 Å². The van der Waals surface area contributed by atoms with Crippen molar-refractivity contribution in [3.63, 3.8) is 0 Å². The molecule has 0 bridgehead atoms. The average molecular weight is 470 g/mol. The van der Waals surface area contributed by atoms with E-state index in [-0.39, 0.29) is 11.5 Å². The van der Waals surface area contributed by atoms with Crippen molar-refractivity contribution < 1.29 is 9.53 Å². The Hall–Kier alpha value is -2.16. The van der Waals surface area contributed by atoms with E-state index in [4.69, 9.17) is 9.72 Å². The molecule has 0 spiro atoms. The first-order valence-electron chi connectivity index (χ1n) is 11.3. The van der Waals surface area contributed by atoms with Crippen molar-refractivity contribution in [1.82, 2.24) is 14.5 Å². The molecule has 168 valence electrons. The van der Waals surface area contributed by atoms with E-state index in [0.717, 1.165) is 35.0 Å². The molecule has 3 aromatic rings. The highest BCUT2D eigenvalue weighted by atomic mass is 32.2. The van der Waals surface area contributed by atoms with Crippen LogP contribution in [0.2, 0.25) is 0 Å². The van der Waals surface area contributed by atoms with Crippen LogP contribution in [0, 0.1) is 0 Å². The molecule has 0 N–H and O–H groups in total. The fourth-order valence-electron chi connectivity index (χ4n) is 4.53. The molecule has 1 atom stereocenters. The van der Waals surface area contributed by atoms with Crippen molar-refractivity contribution in [3.8, 4) is 0 Å². The first-order chi connectivity index (χ1) is 15.7. The second-order valence-electron chi connectivity index (χ2n) is 8.18. The maximum absolute atomic E-state index is 13.5. The maximum Gasteiger partial charge on any atom is 0.263 e. The number of carbonyl (C=O) groups excluding carboxylic acids is 1. The third-order valence-electron chi connectivity index (χ3n) is 6.23. The van der Waals surface area contributed by atoms with Crippen molar-refractivity contribution in [3.05, 3.63) is 56.7 Å². The van der Waals surface area contributed by atoms with E-state index in [2.05, 4.69) is 0 Å². The summed E-state index contributed by atoms with van der Waals surface area (Å²) in [5.41, 5.74) is 2.16. The highest BCUT2D eigenvalue weighted by molar-refractivity contribution is 8.00. The molecule has 2 aromatic heterocycles. The standard InChI is InChI=1S/C24H27N3O3S2/c1-2-27-22(28)19-17-10-6-7-11-18(17)31-21(19)25-24(27)32-20(16-8-4-3-5-9-16)23(29)26-12-14-30-15-13-26/h3-5,8-9,20H,2,6-7,10-15H2,1H3/t20-/m0/s1. The van der Waals surface area contributed by atoms with Crippen LogP contribution in [0.4, 0.5) is 0 Å². The Labute approximate surface area is 195 Å². The summed E-state index contributed by atoms with van der Waals surface area (Å²) in [5, 5.41) is 0.969. The van der Waals surface area contributed by atoms with Crippen LogP contribution >= 0.6 is 23.1 Å². The molecule has 1 aromatic carbocycles. The molecule has 32 heavy (non-hydrogen) atoms. The zero-order valence-corrected chi connectivity index (χ0v) is 19.8. The van der Waals surface area contributed by atoms with E-state index in [1.807, 2.05) is 42.2 Å². The lowest BCUT2D eigenvalue weighted by Crippen LogP contribution is -2.42. The number of rotatable bonds is 5. The number of hydrogen-bond donors (Lipinski definition) is 0. The minimum absolute atomic E-state index is 0.0324. The van der Waals surface area contributed by atoms with Gasteiger partial charge < -0.3 is 9.64 Å². The zero-order chi connectivity index (χ0) is 22.1. The lowest BCUT2D eigenvalue weighted by atomic mass is 9.97. The molecule has 8 heteroatoms.